The van der Waals surface area contributed by atoms with Crippen molar-refractivity contribution >= 4 is 23.3 Å². The number of benzene rings is 2. The summed E-state index contributed by atoms with van der Waals surface area (Å²) in [4.78, 5) is 17.2. The Hall–Kier alpha value is -3.55. The van der Waals surface area contributed by atoms with Crippen molar-refractivity contribution in [2.75, 3.05) is 32.1 Å². The monoisotopic (exact) mass is 465 g/mol. The van der Waals surface area contributed by atoms with Crippen LogP contribution in [0.1, 0.15) is 44.2 Å². The lowest BCUT2D eigenvalue weighted by molar-refractivity contribution is -0.136. The van der Waals surface area contributed by atoms with Gasteiger partial charge in [0.25, 0.3) is 0 Å². The van der Waals surface area contributed by atoms with Crippen LogP contribution in [0, 0.1) is 16.7 Å². The predicted molar refractivity (Wildman–Crippen MR) is 135 cm³/mol. The quantitative estimate of drug-likeness (QED) is 0.224. The van der Waals surface area contributed by atoms with E-state index in [1.165, 1.54) is 7.11 Å². The van der Waals surface area contributed by atoms with Gasteiger partial charge < -0.3 is 25.0 Å². The lowest BCUT2D eigenvalue weighted by atomic mass is 10.0. The first-order valence-corrected chi connectivity index (χ1v) is 11.6. The van der Waals surface area contributed by atoms with Gasteiger partial charge >= 0.3 is 5.97 Å². The van der Waals surface area contributed by atoms with Crippen molar-refractivity contribution < 1.29 is 14.3 Å². The molecule has 1 fully saturated rings. The van der Waals surface area contributed by atoms with E-state index in [-0.39, 0.29) is 11.8 Å². The second-order valence-electron chi connectivity index (χ2n) is 9.05. The van der Waals surface area contributed by atoms with Crippen molar-refractivity contribution in [2.24, 2.45) is 11.7 Å². The Morgan fingerprint density at radius 1 is 1.09 bits per heavy atom. The number of amidine groups is 2. The average molecular weight is 466 g/mol. The lowest BCUT2D eigenvalue weighted by Crippen LogP contribution is -2.42. The van der Waals surface area contributed by atoms with Gasteiger partial charge in [0.05, 0.1) is 7.11 Å². The number of anilines is 1. The van der Waals surface area contributed by atoms with Crippen LogP contribution < -0.4 is 20.1 Å². The topological polar surface area (TPSA) is 116 Å². The maximum atomic E-state index is 13.3. The van der Waals surface area contributed by atoms with Crippen molar-refractivity contribution in [1.82, 2.24) is 4.90 Å². The normalized spacial score (nSPS) is 14.1. The highest BCUT2D eigenvalue weighted by Crippen LogP contribution is 2.31. The number of nitrogen functional groups attached to an aromatic ring is 1. The molecule has 0 aromatic heterocycles. The van der Waals surface area contributed by atoms with Crippen molar-refractivity contribution in [2.45, 2.75) is 39.2 Å². The molecule has 0 bridgehead atoms. The summed E-state index contributed by atoms with van der Waals surface area (Å²) in [6.07, 6.45) is 2.77. The van der Waals surface area contributed by atoms with E-state index in [2.05, 4.69) is 13.8 Å². The van der Waals surface area contributed by atoms with Gasteiger partial charge in [-0.05, 0) is 55.5 Å². The molecule has 1 aliphatic rings. The molecule has 1 heterocycles. The van der Waals surface area contributed by atoms with Crippen LogP contribution in [0.3, 0.4) is 0 Å². The number of ether oxygens (including phenoxy) is 2. The number of nitrogens with one attached hydrogen (secondary N) is 2. The Labute approximate surface area is 201 Å². The SMILES string of the molecule is COc1cc(C(=N)N2CCCC2)ccc1OC(=O)[C@@H](CC(C)C)N(C)c1cccc(C(=N)N)c1. The Morgan fingerprint density at radius 2 is 1.79 bits per heavy atom. The van der Waals surface area contributed by atoms with E-state index < -0.39 is 12.0 Å². The van der Waals surface area contributed by atoms with E-state index in [1.807, 2.05) is 29.0 Å². The molecule has 4 N–H and O–H groups in total. The molecule has 0 spiro atoms. The Balaban J connectivity index is 1.83. The van der Waals surface area contributed by atoms with Crippen LogP contribution in [0.15, 0.2) is 42.5 Å². The molecule has 1 atom stereocenters. The lowest BCUT2D eigenvalue weighted by Gasteiger charge is -2.30. The summed E-state index contributed by atoms with van der Waals surface area (Å²) in [5.41, 5.74) is 7.75. The molecule has 3 rings (SSSR count). The first kappa shape index (κ1) is 25.1. The molecule has 0 radical (unpaired) electrons. The van der Waals surface area contributed by atoms with Crippen LogP contribution in [-0.4, -0.2) is 55.8 Å². The molecular weight excluding hydrogens is 430 g/mol. The zero-order valence-corrected chi connectivity index (χ0v) is 20.4. The van der Waals surface area contributed by atoms with E-state index in [0.717, 1.165) is 37.2 Å². The fourth-order valence-electron chi connectivity index (χ4n) is 4.13. The minimum Gasteiger partial charge on any atom is -0.493 e. The van der Waals surface area contributed by atoms with Crippen molar-refractivity contribution in [3.05, 3.63) is 53.6 Å². The van der Waals surface area contributed by atoms with Gasteiger partial charge in [-0.2, -0.15) is 0 Å². The zero-order chi connectivity index (χ0) is 24.8. The summed E-state index contributed by atoms with van der Waals surface area (Å²) in [6.45, 7) is 5.87. The van der Waals surface area contributed by atoms with Crippen LogP contribution in [0.25, 0.3) is 0 Å². The number of likely N-dealkylation sites (tertiary alicyclic amines) is 1. The number of hydrogen-bond donors (Lipinski definition) is 3. The maximum Gasteiger partial charge on any atom is 0.334 e. The molecule has 182 valence electrons. The second-order valence-corrected chi connectivity index (χ2v) is 9.05. The van der Waals surface area contributed by atoms with Crippen LogP contribution in [0.5, 0.6) is 11.5 Å². The number of carbonyl (C=O) groups excluding carboxylic acids is 1. The molecular formula is C26H35N5O3. The third-order valence-electron chi connectivity index (χ3n) is 6.07. The summed E-state index contributed by atoms with van der Waals surface area (Å²) in [6, 6.07) is 12.0. The first-order valence-electron chi connectivity index (χ1n) is 11.6. The van der Waals surface area contributed by atoms with E-state index in [0.29, 0.717) is 29.3 Å². The molecule has 2 aromatic rings. The van der Waals surface area contributed by atoms with Crippen molar-refractivity contribution in [3.63, 3.8) is 0 Å². The predicted octanol–water partition coefficient (Wildman–Crippen LogP) is 3.86. The van der Waals surface area contributed by atoms with Gasteiger partial charge in [0.2, 0.25) is 0 Å². The largest absolute Gasteiger partial charge is 0.493 e. The molecule has 8 nitrogen and oxygen atoms in total. The van der Waals surface area contributed by atoms with Crippen LogP contribution >= 0.6 is 0 Å². The fraction of sp³-hybridized carbons (Fsp3) is 0.423. The van der Waals surface area contributed by atoms with Crippen LogP contribution in [-0.2, 0) is 4.79 Å². The molecule has 0 saturated carbocycles. The maximum absolute atomic E-state index is 13.3. The van der Waals surface area contributed by atoms with E-state index in [1.54, 1.807) is 30.3 Å². The summed E-state index contributed by atoms with van der Waals surface area (Å²) >= 11 is 0. The van der Waals surface area contributed by atoms with Crippen LogP contribution in [0.4, 0.5) is 5.69 Å². The first-order chi connectivity index (χ1) is 16.2. The van der Waals surface area contributed by atoms with Gasteiger partial charge in [-0.1, -0.05) is 26.0 Å². The van der Waals surface area contributed by atoms with E-state index in [4.69, 9.17) is 26.0 Å². The number of rotatable bonds is 9. The van der Waals surface area contributed by atoms with Crippen LogP contribution in [0.2, 0.25) is 0 Å². The third-order valence-corrected chi connectivity index (χ3v) is 6.07. The molecule has 0 unspecified atom stereocenters. The number of nitrogens with zero attached hydrogens (tertiary/aromatic N) is 2. The fourth-order valence-corrected chi connectivity index (χ4v) is 4.13. The highest BCUT2D eigenvalue weighted by Gasteiger charge is 2.28. The molecule has 1 aliphatic heterocycles. The van der Waals surface area contributed by atoms with Gasteiger partial charge in [-0.15, -0.1) is 0 Å². The number of methoxy groups -OCH3 is 1. The van der Waals surface area contributed by atoms with Crippen molar-refractivity contribution in [3.8, 4) is 11.5 Å². The minimum atomic E-state index is -0.547. The molecule has 2 aromatic carbocycles. The standard InChI is InChI=1S/C26H35N5O3/c1-17(2)14-21(30(3)20-9-7-8-18(15-20)24(27)28)26(32)34-22-11-10-19(16-23(22)33-4)25(29)31-12-5-6-13-31/h7-11,15-17,21,29H,5-6,12-14H2,1-4H3,(H3,27,28)/t21-/m1/s1. The van der Waals surface area contributed by atoms with Gasteiger partial charge in [0.1, 0.15) is 17.7 Å². The summed E-state index contributed by atoms with van der Waals surface area (Å²) < 4.78 is 11.3. The number of hydrogen-bond acceptors (Lipinski definition) is 6. The summed E-state index contributed by atoms with van der Waals surface area (Å²) in [5, 5.41) is 16.2. The van der Waals surface area contributed by atoms with E-state index >= 15 is 0 Å². The van der Waals surface area contributed by atoms with Gasteiger partial charge in [-0.3, -0.25) is 10.8 Å². The Morgan fingerprint density at radius 3 is 2.41 bits per heavy atom. The summed E-state index contributed by atoms with van der Waals surface area (Å²) in [5.74, 6) is 1.02. The molecule has 0 amide bonds. The van der Waals surface area contributed by atoms with Gasteiger partial charge in [0.15, 0.2) is 11.5 Å². The highest BCUT2D eigenvalue weighted by atomic mass is 16.6. The average Bonchev–Trinajstić information content (AvgIpc) is 3.36. The zero-order valence-electron chi connectivity index (χ0n) is 20.4. The smallest absolute Gasteiger partial charge is 0.334 e. The summed E-state index contributed by atoms with van der Waals surface area (Å²) in [7, 11) is 3.37. The van der Waals surface area contributed by atoms with Gasteiger partial charge in [0, 0.05) is 37.0 Å². The van der Waals surface area contributed by atoms with Crippen molar-refractivity contribution in [1.29, 1.82) is 10.8 Å². The van der Waals surface area contributed by atoms with Gasteiger partial charge in [-0.25, -0.2) is 4.79 Å². The minimum absolute atomic E-state index is 0.0254. The Kier molecular flexibility index (Phi) is 8.15. The molecule has 8 heteroatoms. The molecule has 34 heavy (non-hydrogen) atoms. The van der Waals surface area contributed by atoms with E-state index in [9.17, 15) is 4.79 Å². The molecule has 0 aliphatic carbocycles. The Bertz CT molecular complexity index is 1050. The number of nitrogens with two attached hydrogens (primary N) is 1. The third kappa shape index (κ3) is 5.87. The highest BCUT2D eigenvalue weighted by molar-refractivity contribution is 5.97. The number of esters is 1. The number of likely N-dealkylation sites (N-methyl/N-ethyl adjacent to an activating group) is 1. The second kappa shape index (κ2) is 11.0. The number of carbonyl (C=O) groups is 1. The molecule has 1 saturated heterocycles.